The van der Waals surface area contributed by atoms with Crippen molar-refractivity contribution in [1.29, 1.82) is 0 Å². The van der Waals surface area contributed by atoms with Crippen LogP contribution < -0.4 is 5.32 Å². The van der Waals surface area contributed by atoms with E-state index in [4.69, 9.17) is 11.6 Å². The summed E-state index contributed by atoms with van der Waals surface area (Å²) in [6, 6.07) is 7.03. The zero-order valence-corrected chi connectivity index (χ0v) is 20.6. The first-order chi connectivity index (χ1) is 16.0. The van der Waals surface area contributed by atoms with Crippen LogP contribution >= 0.6 is 23.4 Å². The van der Waals surface area contributed by atoms with E-state index < -0.39 is 0 Å². The summed E-state index contributed by atoms with van der Waals surface area (Å²) in [7, 11) is 0. The van der Waals surface area contributed by atoms with Crippen molar-refractivity contribution >= 4 is 41.2 Å². The smallest absolute Gasteiger partial charge is 0.327 e. The van der Waals surface area contributed by atoms with Gasteiger partial charge in [-0.1, -0.05) is 49.2 Å². The zero-order chi connectivity index (χ0) is 23.4. The van der Waals surface area contributed by atoms with Crippen molar-refractivity contribution in [2.75, 3.05) is 13.1 Å². The van der Waals surface area contributed by atoms with Gasteiger partial charge in [-0.2, -0.15) is 0 Å². The van der Waals surface area contributed by atoms with Crippen molar-refractivity contribution in [3.05, 3.63) is 46.3 Å². The van der Waals surface area contributed by atoms with Gasteiger partial charge in [-0.05, 0) is 55.1 Å². The maximum absolute atomic E-state index is 13.5. The molecule has 2 fully saturated rings. The fourth-order valence-corrected chi connectivity index (χ4v) is 6.20. The minimum Gasteiger partial charge on any atom is -0.356 e. The molecule has 0 bridgehead atoms. The molecule has 3 aliphatic rings. The van der Waals surface area contributed by atoms with Crippen LogP contribution in [0.3, 0.4) is 0 Å². The Bertz CT molecular complexity index is 916. The van der Waals surface area contributed by atoms with Crippen LogP contribution in [0.15, 0.2) is 35.7 Å². The van der Waals surface area contributed by atoms with Crippen molar-refractivity contribution in [2.45, 2.75) is 63.3 Å². The Morgan fingerprint density at radius 1 is 1.18 bits per heavy atom. The predicted octanol–water partition coefficient (Wildman–Crippen LogP) is 4.82. The van der Waals surface area contributed by atoms with E-state index in [2.05, 4.69) is 12.2 Å². The van der Waals surface area contributed by atoms with E-state index in [1.165, 1.54) is 16.7 Å². The van der Waals surface area contributed by atoms with Crippen molar-refractivity contribution < 1.29 is 14.4 Å². The summed E-state index contributed by atoms with van der Waals surface area (Å²) in [5.74, 6) is 0.321. The second-order valence-electron chi connectivity index (χ2n) is 9.19. The quantitative estimate of drug-likeness (QED) is 0.531. The number of hydrogen-bond acceptors (Lipinski definition) is 4. The number of nitrogens with zero attached hydrogens (tertiary/aromatic N) is 2. The number of hydrogen-bond donors (Lipinski definition) is 1. The predicted molar refractivity (Wildman–Crippen MR) is 132 cm³/mol. The van der Waals surface area contributed by atoms with Crippen LogP contribution in [-0.4, -0.2) is 52.0 Å². The van der Waals surface area contributed by atoms with Crippen LogP contribution in [-0.2, 0) is 16.1 Å². The molecule has 4 rings (SSSR count). The number of nitrogens with one attached hydrogen (secondary N) is 1. The van der Waals surface area contributed by atoms with Gasteiger partial charge in [0, 0.05) is 30.6 Å². The Morgan fingerprint density at radius 2 is 1.94 bits per heavy atom. The third-order valence-corrected chi connectivity index (χ3v) is 8.40. The number of halogens is 1. The largest absolute Gasteiger partial charge is 0.356 e. The van der Waals surface area contributed by atoms with Gasteiger partial charge in [-0.15, -0.1) is 11.8 Å². The molecule has 33 heavy (non-hydrogen) atoms. The first-order valence-corrected chi connectivity index (χ1v) is 13.3. The summed E-state index contributed by atoms with van der Waals surface area (Å²) >= 11 is 7.84. The number of carbonyl (C=O) groups is 3. The molecule has 2 aliphatic heterocycles. The number of carbonyl (C=O) groups excluding carboxylic acids is 3. The van der Waals surface area contributed by atoms with Gasteiger partial charge < -0.3 is 10.2 Å². The van der Waals surface area contributed by atoms with Crippen LogP contribution in [0.1, 0.15) is 51.0 Å². The van der Waals surface area contributed by atoms with E-state index in [9.17, 15) is 14.4 Å². The summed E-state index contributed by atoms with van der Waals surface area (Å²) in [6.07, 6.45) is 7.34. The standard InChI is InChI=1S/C25H32ClN3O3S/c1-2-3-13-27-23(30)18-10-8-17(9-11-18)15-29-24(31)22-21(12-14-33-22)28(25(29)32)16-19-6-4-5-7-20(19)26/h4-7,12,14,17-18,21-22H,2-3,8-11,13,15-16H2,1H3,(H,27,30). The second kappa shape index (κ2) is 11.0. The first-order valence-electron chi connectivity index (χ1n) is 11.9. The van der Waals surface area contributed by atoms with Gasteiger partial charge in [-0.25, -0.2) is 4.79 Å². The van der Waals surface area contributed by atoms with Gasteiger partial charge in [0.25, 0.3) is 0 Å². The minimum absolute atomic E-state index is 0.0431. The summed E-state index contributed by atoms with van der Waals surface area (Å²) in [6.45, 7) is 3.64. The molecule has 1 N–H and O–H groups in total. The van der Waals surface area contributed by atoms with Crippen LogP contribution in [0, 0.1) is 11.8 Å². The molecular formula is C25H32ClN3O3S. The highest BCUT2D eigenvalue weighted by atomic mass is 35.5. The number of rotatable bonds is 8. The molecule has 2 unspecified atom stereocenters. The molecule has 1 saturated carbocycles. The summed E-state index contributed by atoms with van der Waals surface area (Å²) in [5.41, 5.74) is 0.875. The Morgan fingerprint density at radius 3 is 2.67 bits per heavy atom. The highest BCUT2D eigenvalue weighted by molar-refractivity contribution is 8.03. The summed E-state index contributed by atoms with van der Waals surface area (Å²) in [4.78, 5) is 42.3. The van der Waals surface area contributed by atoms with Gasteiger partial charge in [0.1, 0.15) is 5.25 Å². The zero-order valence-electron chi connectivity index (χ0n) is 19.0. The maximum Gasteiger partial charge on any atom is 0.327 e. The molecule has 6 nitrogen and oxygen atoms in total. The highest BCUT2D eigenvalue weighted by Gasteiger charge is 2.47. The fourth-order valence-electron chi connectivity index (χ4n) is 4.94. The molecule has 2 heterocycles. The third-order valence-electron chi connectivity index (χ3n) is 6.94. The van der Waals surface area contributed by atoms with Crippen molar-refractivity contribution in [1.82, 2.24) is 15.1 Å². The molecule has 1 aromatic carbocycles. The maximum atomic E-state index is 13.5. The summed E-state index contributed by atoms with van der Waals surface area (Å²) in [5, 5.41) is 5.28. The van der Waals surface area contributed by atoms with Crippen LogP contribution in [0.2, 0.25) is 5.02 Å². The number of unbranched alkanes of at least 4 members (excludes halogenated alkanes) is 1. The van der Waals surface area contributed by atoms with Crippen LogP contribution in [0.4, 0.5) is 4.79 Å². The fraction of sp³-hybridized carbons (Fsp3) is 0.560. The van der Waals surface area contributed by atoms with Gasteiger partial charge in [0.2, 0.25) is 11.8 Å². The number of benzene rings is 1. The normalized spacial score (nSPS) is 27.1. The lowest BCUT2D eigenvalue weighted by atomic mass is 9.81. The number of amides is 4. The Hall–Kier alpha value is -1.99. The minimum atomic E-state index is -0.300. The molecule has 1 saturated heterocycles. The molecule has 0 radical (unpaired) electrons. The first kappa shape index (κ1) is 24.1. The molecule has 8 heteroatoms. The SMILES string of the molecule is CCCCNC(=O)C1CCC(CN2C(=O)C3SC=CC3N(Cc3ccccc3Cl)C2=O)CC1. The number of fused-ring (bicyclic) bond motifs is 1. The Kier molecular flexibility index (Phi) is 8.02. The average Bonchev–Trinajstić information content (AvgIpc) is 3.31. The van der Waals surface area contributed by atoms with Crippen molar-refractivity contribution in [3.8, 4) is 0 Å². The van der Waals surface area contributed by atoms with Gasteiger partial charge in [0.05, 0.1) is 6.04 Å². The lowest BCUT2D eigenvalue weighted by Crippen LogP contribution is -2.62. The van der Waals surface area contributed by atoms with Crippen LogP contribution in [0.25, 0.3) is 0 Å². The molecule has 1 aromatic rings. The topological polar surface area (TPSA) is 69.7 Å². The van der Waals surface area contributed by atoms with Gasteiger partial charge in [-0.3, -0.25) is 14.5 Å². The van der Waals surface area contributed by atoms with E-state index in [0.29, 0.717) is 18.1 Å². The molecule has 178 valence electrons. The highest BCUT2D eigenvalue weighted by Crippen LogP contribution is 2.37. The van der Waals surface area contributed by atoms with E-state index in [-0.39, 0.29) is 41.0 Å². The lowest BCUT2D eigenvalue weighted by molar-refractivity contribution is -0.132. The number of imide groups is 1. The van der Waals surface area contributed by atoms with Crippen molar-refractivity contribution in [2.24, 2.45) is 11.8 Å². The summed E-state index contributed by atoms with van der Waals surface area (Å²) < 4.78 is 0. The Labute approximate surface area is 205 Å². The van der Waals surface area contributed by atoms with E-state index >= 15 is 0 Å². The Balaban J connectivity index is 1.39. The third kappa shape index (κ3) is 5.40. The number of thioether (sulfide) groups is 1. The molecule has 0 aromatic heterocycles. The lowest BCUT2D eigenvalue weighted by Gasteiger charge is -2.43. The van der Waals surface area contributed by atoms with Crippen molar-refractivity contribution in [3.63, 3.8) is 0 Å². The van der Waals surface area contributed by atoms with E-state index in [1.807, 2.05) is 35.7 Å². The van der Waals surface area contributed by atoms with Gasteiger partial charge >= 0.3 is 6.03 Å². The van der Waals surface area contributed by atoms with Gasteiger partial charge in [0.15, 0.2) is 0 Å². The number of urea groups is 1. The molecule has 1 aliphatic carbocycles. The molecule has 4 amide bonds. The van der Waals surface area contributed by atoms with E-state index in [0.717, 1.165) is 50.6 Å². The molecule has 0 spiro atoms. The van der Waals surface area contributed by atoms with Crippen LogP contribution in [0.5, 0.6) is 0 Å². The molecule has 2 atom stereocenters. The second-order valence-corrected chi connectivity index (χ2v) is 10.6. The van der Waals surface area contributed by atoms with E-state index in [1.54, 1.807) is 4.90 Å². The molecular weight excluding hydrogens is 458 g/mol. The average molecular weight is 490 g/mol. The monoisotopic (exact) mass is 489 g/mol.